The summed E-state index contributed by atoms with van der Waals surface area (Å²) >= 11 is 0. The fourth-order valence-corrected chi connectivity index (χ4v) is 3.41. The van der Waals surface area contributed by atoms with E-state index in [1.54, 1.807) is 12.1 Å². The molecule has 140 valence electrons. The van der Waals surface area contributed by atoms with E-state index in [0.717, 1.165) is 22.0 Å². The van der Waals surface area contributed by atoms with Crippen LogP contribution in [-0.4, -0.2) is 34.2 Å². The van der Waals surface area contributed by atoms with Crippen LogP contribution in [0.1, 0.15) is 21.7 Å². The van der Waals surface area contributed by atoms with Gasteiger partial charge in [-0.25, -0.2) is 9.71 Å². The Balaban J connectivity index is 1.81. The van der Waals surface area contributed by atoms with E-state index in [1.807, 2.05) is 12.1 Å². The number of rotatable bonds is 2. The summed E-state index contributed by atoms with van der Waals surface area (Å²) in [6.07, 6.45) is 1.44. The van der Waals surface area contributed by atoms with Crippen LogP contribution in [0.15, 0.2) is 35.3 Å². The second-order valence-corrected chi connectivity index (χ2v) is 7.48. The highest BCUT2D eigenvalue weighted by molar-refractivity contribution is 7.90. The summed E-state index contributed by atoms with van der Waals surface area (Å²) < 4.78 is 61.6. The Labute approximate surface area is 148 Å². The molecule has 0 spiro atoms. The first-order chi connectivity index (χ1) is 12.6. The van der Waals surface area contributed by atoms with Crippen LogP contribution in [0.3, 0.4) is 0 Å². The number of carbonyl (C=O) groups is 1. The second kappa shape index (κ2) is 5.42. The number of imidazole rings is 1. The number of alkyl halides is 3. The van der Waals surface area contributed by atoms with Crippen molar-refractivity contribution in [1.29, 1.82) is 0 Å². The molecular weight excluding hydrogens is 389 g/mol. The quantitative estimate of drug-likeness (QED) is 0.526. The SMILES string of the molecule is O=C(NS(=O)(=O)C(F)(F)F)c1cn2c3c([nH]c(=O)c2n1)-c1ccccc1C3. The van der Waals surface area contributed by atoms with E-state index in [1.165, 1.54) is 4.40 Å². The molecule has 1 aromatic carbocycles. The van der Waals surface area contributed by atoms with E-state index in [-0.39, 0.29) is 5.65 Å². The highest BCUT2D eigenvalue weighted by atomic mass is 32.2. The Kier molecular flexibility index (Phi) is 3.47. The van der Waals surface area contributed by atoms with E-state index in [4.69, 9.17) is 0 Å². The van der Waals surface area contributed by atoms with Gasteiger partial charge in [-0.3, -0.25) is 14.0 Å². The highest BCUT2D eigenvalue weighted by Gasteiger charge is 2.47. The maximum absolute atomic E-state index is 12.4. The van der Waals surface area contributed by atoms with E-state index in [2.05, 4.69) is 9.97 Å². The number of sulfonamides is 1. The summed E-state index contributed by atoms with van der Waals surface area (Å²) in [6, 6.07) is 7.24. The Morgan fingerprint density at radius 2 is 1.96 bits per heavy atom. The maximum Gasteiger partial charge on any atom is 0.516 e. The minimum Gasteiger partial charge on any atom is -0.317 e. The topological polar surface area (TPSA) is 113 Å². The zero-order valence-corrected chi connectivity index (χ0v) is 14.0. The molecule has 2 N–H and O–H groups in total. The number of nitrogens with zero attached hydrogens (tertiary/aromatic N) is 2. The number of nitrogens with one attached hydrogen (secondary N) is 2. The van der Waals surface area contributed by atoms with Crippen molar-refractivity contribution in [1.82, 2.24) is 19.1 Å². The van der Waals surface area contributed by atoms with Crippen LogP contribution < -0.4 is 10.3 Å². The van der Waals surface area contributed by atoms with Crippen molar-refractivity contribution in [3.8, 4) is 11.3 Å². The third-order valence-electron chi connectivity index (χ3n) is 4.14. The first-order valence-corrected chi connectivity index (χ1v) is 8.93. The largest absolute Gasteiger partial charge is 0.516 e. The Hall–Kier alpha value is -3.15. The van der Waals surface area contributed by atoms with Gasteiger partial charge < -0.3 is 4.98 Å². The van der Waals surface area contributed by atoms with Crippen molar-refractivity contribution < 1.29 is 26.4 Å². The molecule has 27 heavy (non-hydrogen) atoms. The predicted octanol–water partition coefficient (Wildman–Crippen LogP) is 1.17. The average Bonchev–Trinajstić information content (AvgIpc) is 3.16. The number of H-pyrrole nitrogens is 1. The number of hydrogen-bond donors (Lipinski definition) is 2. The first-order valence-electron chi connectivity index (χ1n) is 7.44. The third kappa shape index (κ3) is 2.60. The molecule has 0 aliphatic heterocycles. The molecular formula is C15H9F3N4O4S. The van der Waals surface area contributed by atoms with Crippen molar-refractivity contribution in [2.24, 2.45) is 0 Å². The molecule has 12 heteroatoms. The third-order valence-corrected chi connectivity index (χ3v) is 5.20. The summed E-state index contributed by atoms with van der Waals surface area (Å²) in [7, 11) is -5.88. The molecule has 0 saturated heterocycles. The molecule has 3 aromatic rings. The van der Waals surface area contributed by atoms with Crippen molar-refractivity contribution in [3.63, 3.8) is 0 Å². The van der Waals surface area contributed by atoms with Gasteiger partial charge in [0.1, 0.15) is 5.69 Å². The average molecular weight is 398 g/mol. The first kappa shape index (κ1) is 17.3. The fourth-order valence-electron chi connectivity index (χ4n) is 2.94. The number of fused-ring (bicyclic) bond motifs is 5. The van der Waals surface area contributed by atoms with Crippen molar-refractivity contribution in [2.45, 2.75) is 11.9 Å². The second-order valence-electron chi connectivity index (χ2n) is 5.81. The molecule has 1 amide bonds. The fraction of sp³-hybridized carbons (Fsp3) is 0.133. The number of halogens is 3. The molecule has 2 aromatic heterocycles. The molecule has 0 radical (unpaired) electrons. The standard InChI is InChI=1S/C15H9F3N4O4S/c16-15(17,18)27(25,26)21-13(23)9-6-22-10-5-7-3-1-2-4-8(7)11(10)20-14(24)12(22)19-9/h1-4,6H,5H2,(H,20,24)(H,21,23). The smallest absolute Gasteiger partial charge is 0.317 e. The molecule has 0 atom stereocenters. The van der Waals surface area contributed by atoms with Crippen LogP contribution in [0.2, 0.25) is 0 Å². The van der Waals surface area contributed by atoms with Gasteiger partial charge in [-0.05, 0) is 5.56 Å². The van der Waals surface area contributed by atoms with Gasteiger partial charge in [-0.1, -0.05) is 24.3 Å². The van der Waals surface area contributed by atoms with E-state index in [0.29, 0.717) is 17.8 Å². The Bertz CT molecular complexity index is 1270. The lowest BCUT2D eigenvalue weighted by Gasteiger charge is -2.07. The number of hydrogen-bond acceptors (Lipinski definition) is 5. The lowest BCUT2D eigenvalue weighted by molar-refractivity contribution is -0.0446. The van der Waals surface area contributed by atoms with E-state index < -0.39 is 32.7 Å². The monoisotopic (exact) mass is 398 g/mol. The molecule has 0 fully saturated rings. The lowest BCUT2D eigenvalue weighted by Crippen LogP contribution is -2.40. The van der Waals surface area contributed by atoms with E-state index >= 15 is 0 Å². The summed E-state index contributed by atoms with van der Waals surface area (Å²) in [5.74, 6) is -1.58. The molecule has 4 rings (SSSR count). The zero-order chi connectivity index (χ0) is 19.6. The number of amides is 1. The Morgan fingerprint density at radius 3 is 2.67 bits per heavy atom. The van der Waals surface area contributed by atoms with Gasteiger partial charge in [-0.2, -0.15) is 21.6 Å². The maximum atomic E-state index is 12.4. The number of carbonyl (C=O) groups excluding carboxylic acids is 1. The van der Waals surface area contributed by atoms with Gasteiger partial charge in [0, 0.05) is 18.2 Å². The number of aromatic amines is 1. The van der Waals surface area contributed by atoms with Gasteiger partial charge in [0.25, 0.3) is 11.5 Å². The van der Waals surface area contributed by atoms with Gasteiger partial charge in [0.2, 0.25) is 5.65 Å². The summed E-state index contributed by atoms with van der Waals surface area (Å²) in [5.41, 5.74) is -4.38. The zero-order valence-electron chi connectivity index (χ0n) is 13.2. The van der Waals surface area contributed by atoms with Crippen LogP contribution in [-0.2, 0) is 16.4 Å². The van der Waals surface area contributed by atoms with Crippen LogP contribution in [0, 0.1) is 0 Å². The highest BCUT2D eigenvalue weighted by Crippen LogP contribution is 2.34. The molecule has 2 heterocycles. The van der Waals surface area contributed by atoms with Gasteiger partial charge >= 0.3 is 15.5 Å². The number of aromatic nitrogens is 3. The molecule has 8 nitrogen and oxygen atoms in total. The van der Waals surface area contributed by atoms with Gasteiger partial charge in [0.15, 0.2) is 0 Å². The number of benzene rings is 1. The predicted molar refractivity (Wildman–Crippen MR) is 86.5 cm³/mol. The molecule has 1 aliphatic rings. The van der Waals surface area contributed by atoms with E-state index in [9.17, 15) is 31.2 Å². The van der Waals surface area contributed by atoms with Crippen LogP contribution >= 0.6 is 0 Å². The summed E-state index contributed by atoms with van der Waals surface area (Å²) in [4.78, 5) is 30.5. The minimum atomic E-state index is -5.88. The lowest BCUT2D eigenvalue weighted by atomic mass is 10.1. The minimum absolute atomic E-state index is 0.226. The molecule has 0 saturated carbocycles. The summed E-state index contributed by atoms with van der Waals surface area (Å²) in [6.45, 7) is 0. The van der Waals surface area contributed by atoms with Crippen LogP contribution in [0.25, 0.3) is 16.9 Å². The Morgan fingerprint density at radius 1 is 1.26 bits per heavy atom. The molecule has 0 unspecified atom stereocenters. The van der Waals surface area contributed by atoms with Crippen LogP contribution in [0.5, 0.6) is 0 Å². The van der Waals surface area contributed by atoms with Crippen molar-refractivity contribution >= 4 is 21.6 Å². The van der Waals surface area contributed by atoms with Gasteiger partial charge in [-0.15, -0.1) is 0 Å². The molecule has 1 aliphatic carbocycles. The van der Waals surface area contributed by atoms with Crippen molar-refractivity contribution in [2.75, 3.05) is 0 Å². The normalized spacial score (nSPS) is 13.4. The van der Waals surface area contributed by atoms with Gasteiger partial charge in [0.05, 0.1) is 11.4 Å². The summed E-state index contributed by atoms with van der Waals surface area (Å²) in [5, 5.41) is 0. The van der Waals surface area contributed by atoms with Crippen LogP contribution in [0.4, 0.5) is 13.2 Å². The van der Waals surface area contributed by atoms with Crippen molar-refractivity contribution in [3.05, 3.63) is 57.8 Å². The molecule has 0 bridgehead atoms.